The van der Waals surface area contributed by atoms with Crippen LogP contribution in [0, 0.1) is 0 Å². The first-order valence-electron chi connectivity index (χ1n) is 9.21. The maximum absolute atomic E-state index is 12.4. The number of amidine groups is 1. The number of benzene rings is 1. The summed E-state index contributed by atoms with van der Waals surface area (Å²) in [6, 6.07) is 4.72. The average Bonchev–Trinajstić information content (AvgIpc) is 3.05. The topological polar surface area (TPSA) is 76.0 Å². The van der Waals surface area contributed by atoms with Gasteiger partial charge in [-0.2, -0.15) is 4.99 Å². The molecule has 0 aromatic heterocycles. The van der Waals surface area contributed by atoms with Crippen molar-refractivity contribution in [2.75, 3.05) is 16.4 Å². The Morgan fingerprint density at radius 3 is 2.55 bits per heavy atom. The Morgan fingerprint density at radius 2 is 1.93 bits per heavy atom. The number of anilines is 1. The zero-order chi connectivity index (χ0) is 21.2. The zero-order valence-corrected chi connectivity index (χ0v) is 17.3. The maximum Gasteiger partial charge on any atom is 0.573 e. The molecule has 2 saturated heterocycles. The molecule has 6 nitrogen and oxygen atoms in total. The molecule has 11 heteroatoms. The summed E-state index contributed by atoms with van der Waals surface area (Å²) in [5, 5.41) is 0.120. The molecular weight excluding hydrogens is 429 g/mol. The minimum atomic E-state index is -4.80. The third kappa shape index (κ3) is 5.65. The number of hydrogen-bond acceptors (Lipinski definition) is 5. The van der Waals surface area contributed by atoms with Gasteiger partial charge in [-0.3, -0.25) is 4.79 Å². The van der Waals surface area contributed by atoms with E-state index in [1.165, 1.54) is 23.9 Å². The van der Waals surface area contributed by atoms with E-state index in [0.29, 0.717) is 17.3 Å². The molecule has 2 heterocycles. The van der Waals surface area contributed by atoms with Crippen molar-refractivity contribution in [3.05, 3.63) is 24.3 Å². The Morgan fingerprint density at radius 1 is 1.24 bits per heavy atom. The Kier molecular flexibility index (Phi) is 6.47. The van der Waals surface area contributed by atoms with Crippen LogP contribution < -0.4 is 9.64 Å². The number of carbonyl (C=O) groups is 1. The van der Waals surface area contributed by atoms with Gasteiger partial charge in [0.15, 0.2) is 15.0 Å². The van der Waals surface area contributed by atoms with Crippen LogP contribution in [0.15, 0.2) is 29.3 Å². The molecule has 2 atom stereocenters. The molecule has 0 bridgehead atoms. The molecule has 1 aromatic carbocycles. The summed E-state index contributed by atoms with van der Waals surface area (Å²) in [5.41, 5.74) is 0.469. The molecule has 0 aliphatic carbocycles. The zero-order valence-electron chi connectivity index (χ0n) is 15.7. The lowest BCUT2D eigenvalue weighted by molar-refractivity contribution is -0.274. The first-order valence-corrected chi connectivity index (χ1v) is 11.9. The van der Waals surface area contributed by atoms with E-state index in [1.807, 2.05) is 6.92 Å². The van der Waals surface area contributed by atoms with Gasteiger partial charge in [-0.25, -0.2) is 8.42 Å². The van der Waals surface area contributed by atoms with Gasteiger partial charge >= 0.3 is 6.36 Å². The summed E-state index contributed by atoms with van der Waals surface area (Å²) in [4.78, 5) is 18.0. The lowest BCUT2D eigenvalue weighted by Crippen LogP contribution is -2.37. The summed E-state index contributed by atoms with van der Waals surface area (Å²) in [6.07, 6.45) is -1.89. The van der Waals surface area contributed by atoms with Crippen LogP contribution in [-0.4, -0.2) is 48.7 Å². The average molecular weight is 451 g/mol. The molecule has 0 saturated carbocycles. The van der Waals surface area contributed by atoms with Crippen LogP contribution >= 0.6 is 11.8 Å². The number of carbonyl (C=O) groups excluding carboxylic acids is 1. The fourth-order valence-corrected chi connectivity index (χ4v) is 7.29. The van der Waals surface area contributed by atoms with E-state index >= 15 is 0 Å². The number of ether oxygens (including phenoxy) is 1. The highest BCUT2D eigenvalue weighted by molar-refractivity contribution is 8.16. The molecule has 0 radical (unpaired) electrons. The second kappa shape index (κ2) is 8.55. The highest BCUT2D eigenvalue weighted by atomic mass is 32.2. The molecule has 3 rings (SSSR count). The van der Waals surface area contributed by atoms with E-state index in [4.69, 9.17) is 0 Å². The number of thioether (sulfide) groups is 1. The fourth-order valence-electron chi connectivity index (χ4n) is 3.36. The quantitative estimate of drug-likeness (QED) is 0.615. The predicted octanol–water partition coefficient (Wildman–Crippen LogP) is 3.77. The first kappa shape index (κ1) is 21.9. The minimum absolute atomic E-state index is 0.0167. The van der Waals surface area contributed by atoms with Crippen LogP contribution in [0.3, 0.4) is 0 Å². The van der Waals surface area contributed by atoms with Gasteiger partial charge < -0.3 is 9.64 Å². The van der Waals surface area contributed by atoms with Gasteiger partial charge in [0.05, 0.1) is 17.5 Å². The summed E-state index contributed by atoms with van der Waals surface area (Å²) in [5.74, 6) is -0.769. The second-order valence-electron chi connectivity index (χ2n) is 6.96. The number of hydrogen-bond donors (Lipinski definition) is 0. The van der Waals surface area contributed by atoms with E-state index in [-0.39, 0.29) is 28.4 Å². The van der Waals surface area contributed by atoms with Crippen LogP contribution in [0.2, 0.25) is 0 Å². The molecule has 0 unspecified atom stereocenters. The van der Waals surface area contributed by atoms with Gasteiger partial charge in [-0.1, -0.05) is 31.5 Å². The summed E-state index contributed by atoms with van der Waals surface area (Å²) >= 11 is 1.23. The fraction of sp³-hybridized carbons (Fsp3) is 0.556. The molecule has 2 aliphatic heterocycles. The number of unbranched alkanes of at least 4 members (excludes halogenated alkanes) is 2. The smallest absolute Gasteiger partial charge is 0.406 e. The van der Waals surface area contributed by atoms with Gasteiger partial charge in [0, 0.05) is 17.4 Å². The first-order chi connectivity index (χ1) is 13.6. The third-order valence-electron chi connectivity index (χ3n) is 4.63. The third-order valence-corrected chi connectivity index (χ3v) is 7.84. The Labute approximate surface area is 171 Å². The number of alkyl halides is 3. The van der Waals surface area contributed by atoms with Gasteiger partial charge in [0.1, 0.15) is 5.75 Å². The van der Waals surface area contributed by atoms with E-state index in [0.717, 1.165) is 31.4 Å². The van der Waals surface area contributed by atoms with Crippen LogP contribution in [0.1, 0.15) is 32.6 Å². The van der Waals surface area contributed by atoms with Crippen molar-refractivity contribution in [2.45, 2.75) is 50.3 Å². The monoisotopic (exact) mass is 450 g/mol. The largest absolute Gasteiger partial charge is 0.573 e. The van der Waals surface area contributed by atoms with Crippen LogP contribution in [0.4, 0.5) is 18.9 Å². The van der Waals surface area contributed by atoms with Gasteiger partial charge in [-0.15, -0.1) is 13.2 Å². The van der Waals surface area contributed by atoms with Crippen molar-refractivity contribution >= 4 is 38.4 Å². The van der Waals surface area contributed by atoms with Crippen molar-refractivity contribution in [1.29, 1.82) is 0 Å². The minimum Gasteiger partial charge on any atom is -0.406 e. The molecule has 1 amide bonds. The molecular formula is C18H21F3N2O4S2. The number of halogens is 3. The van der Waals surface area contributed by atoms with E-state index in [9.17, 15) is 26.4 Å². The number of rotatable bonds is 6. The summed E-state index contributed by atoms with van der Waals surface area (Å²) < 4.78 is 65.1. The van der Waals surface area contributed by atoms with Gasteiger partial charge in [0.25, 0.3) is 0 Å². The molecule has 2 fully saturated rings. The normalized spacial score (nSPS) is 24.7. The number of aliphatic imine (C=N–C) groups is 1. The van der Waals surface area contributed by atoms with Gasteiger partial charge in [0.2, 0.25) is 5.91 Å². The van der Waals surface area contributed by atoms with Gasteiger partial charge in [-0.05, 0) is 30.7 Å². The summed E-state index contributed by atoms with van der Waals surface area (Å²) in [7, 11) is -3.22. The van der Waals surface area contributed by atoms with E-state index in [2.05, 4.69) is 9.73 Å². The van der Waals surface area contributed by atoms with Crippen molar-refractivity contribution in [3.8, 4) is 5.75 Å². The van der Waals surface area contributed by atoms with Crippen LogP contribution in [0.5, 0.6) is 5.75 Å². The van der Waals surface area contributed by atoms with E-state index < -0.39 is 22.2 Å². The van der Waals surface area contributed by atoms with Crippen LogP contribution in [-0.2, 0) is 14.6 Å². The van der Waals surface area contributed by atoms with Crippen molar-refractivity contribution < 1.29 is 31.1 Å². The van der Waals surface area contributed by atoms with Crippen molar-refractivity contribution in [1.82, 2.24) is 0 Å². The van der Waals surface area contributed by atoms with Crippen LogP contribution in [0.25, 0.3) is 0 Å². The molecule has 160 valence electrons. The SMILES string of the molecule is CCCCCC(=O)N=C1S[C@@H]2CS(=O)(=O)C[C@@H]2N1c1ccc(OC(F)(F)F)cc1. The molecule has 1 aromatic rings. The number of amides is 1. The Balaban J connectivity index is 1.85. The Hall–Kier alpha value is -1.75. The molecule has 0 N–H and O–H groups in total. The molecule has 29 heavy (non-hydrogen) atoms. The highest BCUT2D eigenvalue weighted by Gasteiger charge is 2.49. The second-order valence-corrected chi connectivity index (χ2v) is 10.3. The number of fused-ring (bicyclic) bond motifs is 1. The predicted molar refractivity (Wildman–Crippen MR) is 106 cm³/mol. The maximum atomic E-state index is 12.4. The Bertz CT molecular complexity index is 885. The molecule has 2 aliphatic rings. The summed E-state index contributed by atoms with van der Waals surface area (Å²) in [6.45, 7) is 2.03. The lowest BCUT2D eigenvalue weighted by atomic mass is 10.2. The number of nitrogens with zero attached hydrogens (tertiary/aromatic N) is 2. The standard InChI is InChI=1S/C18H21F3N2O4S2/c1-2-3-4-5-16(24)22-17-23(14-10-29(25,26)11-15(14)28-17)12-6-8-13(9-7-12)27-18(19,20)21/h6-9,14-15H,2-5,10-11H2,1H3/t14-,15+/m0/s1. The van der Waals surface area contributed by atoms with Crippen molar-refractivity contribution in [3.63, 3.8) is 0 Å². The molecule has 0 spiro atoms. The lowest BCUT2D eigenvalue weighted by Gasteiger charge is -2.24. The van der Waals surface area contributed by atoms with E-state index in [1.54, 1.807) is 4.90 Å². The highest BCUT2D eigenvalue weighted by Crippen LogP contribution is 2.41. The van der Waals surface area contributed by atoms with Crippen molar-refractivity contribution in [2.24, 2.45) is 4.99 Å². The number of sulfone groups is 1.